The van der Waals surface area contributed by atoms with Gasteiger partial charge in [-0.1, -0.05) is 29.3 Å². The zero-order valence-electron chi connectivity index (χ0n) is 15.3. The van der Waals surface area contributed by atoms with E-state index in [2.05, 4.69) is 10.6 Å². The molecule has 0 saturated heterocycles. The van der Waals surface area contributed by atoms with Gasteiger partial charge in [0.2, 0.25) is 11.6 Å². The second kappa shape index (κ2) is 8.06. The van der Waals surface area contributed by atoms with Gasteiger partial charge in [-0.05, 0) is 30.7 Å². The number of ether oxygens (including phenoxy) is 1. The molecule has 29 heavy (non-hydrogen) atoms. The first kappa shape index (κ1) is 20.6. The summed E-state index contributed by atoms with van der Waals surface area (Å²) in [5.74, 6) is -1.30. The van der Waals surface area contributed by atoms with Crippen LogP contribution < -0.4 is 15.4 Å². The van der Waals surface area contributed by atoms with Crippen LogP contribution in [0.2, 0.25) is 0 Å². The van der Waals surface area contributed by atoms with Gasteiger partial charge in [0.1, 0.15) is 27.2 Å². The molecule has 0 spiro atoms. The Labute approximate surface area is 176 Å². The summed E-state index contributed by atoms with van der Waals surface area (Å²) in [5, 5.41) is 24.4. The molecule has 1 aliphatic carbocycles. The molecule has 2 aromatic carbocycles. The topological polar surface area (TPSA) is 108 Å². The van der Waals surface area contributed by atoms with Crippen LogP contribution in [-0.2, 0) is 9.59 Å². The lowest BCUT2D eigenvalue weighted by molar-refractivity contribution is -0.115. The van der Waals surface area contributed by atoms with Gasteiger partial charge in [-0.25, -0.2) is 0 Å². The fourth-order valence-corrected chi connectivity index (χ4v) is 3.07. The Hall–Kier alpha value is -3.16. The number of benzene rings is 2. The average Bonchev–Trinajstić information content (AvgIpc) is 2.70. The van der Waals surface area contributed by atoms with E-state index in [1.807, 2.05) is 0 Å². The van der Waals surface area contributed by atoms with Crippen LogP contribution in [0.1, 0.15) is 5.56 Å². The minimum absolute atomic E-state index is 0.0182. The first-order valence-corrected chi connectivity index (χ1v) is 9.08. The number of nitrogens with one attached hydrogen (secondary N) is 2. The first-order chi connectivity index (χ1) is 13.7. The molecular formula is C20H16Cl2N2O5. The highest BCUT2D eigenvalue weighted by Gasteiger charge is 2.34. The number of allylic oxidation sites excluding steroid dienone is 2. The van der Waals surface area contributed by atoms with Crippen molar-refractivity contribution >= 4 is 46.1 Å². The lowest BCUT2D eigenvalue weighted by Gasteiger charge is -2.20. The number of hydrogen-bond acceptors (Lipinski definition) is 7. The minimum Gasteiger partial charge on any atom is -0.508 e. The largest absolute Gasteiger partial charge is 0.508 e. The van der Waals surface area contributed by atoms with Crippen molar-refractivity contribution in [1.82, 2.24) is 0 Å². The highest BCUT2D eigenvalue weighted by atomic mass is 35.5. The number of phenols is 2. The van der Waals surface area contributed by atoms with Crippen LogP contribution >= 0.6 is 23.2 Å². The number of halogens is 2. The fourth-order valence-electron chi connectivity index (χ4n) is 2.61. The summed E-state index contributed by atoms with van der Waals surface area (Å²) in [6, 6.07) is 8.99. The van der Waals surface area contributed by atoms with Gasteiger partial charge in [-0.15, -0.1) is 0 Å². The number of anilines is 2. The third kappa shape index (κ3) is 4.01. The predicted octanol–water partition coefficient (Wildman–Crippen LogP) is 3.99. The van der Waals surface area contributed by atoms with E-state index >= 15 is 0 Å². The first-order valence-electron chi connectivity index (χ1n) is 8.32. The molecule has 4 N–H and O–H groups in total. The van der Waals surface area contributed by atoms with E-state index in [9.17, 15) is 19.8 Å². The molecule has 0 aliphatic heterocycles. The molecule has 0 fully saturated rings. The quantitative estimate of drug-likeness (QED) is 0.526. The number of aryl methyl sites for hydroxylation is 1. The Kier molecular flexibility index (Phi) is 5.72. The molecule has 9 heteroatoms. The number of carbonyl (C=O) groups excluding carboxylic acids is 2. The van der Waals surface area contributed by atoms with E-state index in [-0.39, 0.29) is 38.7 Å². The maximum atomic E-state index is 12.7. The molecule has 0 saturated carbocycles. The van der Waals surface area contributed by atoms with Crippen LogP contribution in [-0.4, -0.2) is 28.9 Å². The molecular weight excluding hydrogens is 419 g/mol. The van der Waals surface area contributed by atoms with Crippen LogP contribution in [0.25, 0.3) is 0 Å². The molecule has 3 rings (SSSR count). The standard InChI is InChI=1S/C20H16Cl2N2O5/c1-9-3-4-10(7-12(9)25)23-17-15(21)20(28)18(16(22)19(17)27)24-11-5-6-14(29-2)13(26)8-11/h3-8,23-26H,1-2H3. The van der Waals surface area contributed by atoms with Crippen molar-refractivity contribution in [2.24, 2.45) is 0 Å². The zero-order chi connectivity index (χ0) is 21.3. The second-order valence-corrected chi connectivity index (χ2v) is 6.93. The molecule has 0 aromatic heterocycles. The fraction of sp³-hybridized carbons (Fsp3) is 0.100. The average molecular weight is 435 g/mol. The van der Waals surface area contributed by atoms with E-state index in [1.54, 1.807) is 19.1 Å². The van der Waals surface area contributed by atoms with Gasteiger partial charge < -0.3 is 25.6 Å². The van der Waals surface area contributed by atoms with Gasteiger partial charge >= 0.3 is 0 Å². The van der Waals surface area contributed by atoms with Crippen LogP contribution in [0.3, 0.4) is 0 Å². The number of aromatic hydroxyl groups is 2. The minimum atomic E-state index is -0.703. The maximum absolute atomic E-state index is 12.7. The number of hydrogen-bond donors (Lipinski definition) is 4. The Bertz CT molecular complexity index is 1090. The molecule has 0 bridgehead atoms. The van der Waals surface area contributed by atoms with E-state index in [0.717, 1.165) is 0 Å². The third-order valence-corrected chi connectivity index (χ3v) is 4.94. The summed E-state index contributed by atoms with van der Waals surface area (Å²) in [6.07, 6.45) is 0. The summed E-state index contributed by atoms with van der Waals surface area (Å²) in [6.45, 7) is 1.72. The lowest BCUT2D eigenvalue weighted by atomic mass is 10.0. The van der Waals surface area contributed by atoms with E-state index in [1.165, 1.54) is 31.4 Å². The van der Waals surface area contributed by atoms with E-state index in [4.69, 9.17) is 27.9 Å². The van der Waals surface area contributed by atoms with Crippen LogP contribution in [0.4, 0.5) is 11.4 Å². The molecule has 1 aliphatic rings. The number of rotatable bonds is 5. The van der Waals surface area contributed by atoms with Gasteiger partial charge in [0.15, 0.2) is 11.5 Å². The van der Waals surface area contributed by atoms with Crippen LogP contribution in [0, 0.1) is 6.92 Å². The SMILES string of the molecule is COc1ccc(NC2=C(Cl)C(=O)C(Nc3ccc(C)c(O)c3)=C(Cl)C2=O)cc1O. The van der Waals surface area contributed by atoms with E-state index < -0.39 is 11.6 Å². The number of carbonyl (C=O) groups is 2. The number of methoxy groups -OCH3 is 1. The Morgan fingerprint density at radius 2 is 1.31 bits per heavy atom. The molecule has 2 aromatic rings. The van der Waals surface area contributed by atoms with Crippen molar-refractivity contribution in [2.45, 2.75) is 6.92 Å². The molecule has 7 nitrogen and oxygen atoms in total. The lowest BCUT2D eigenvalue weighted by Crippen LogP contribution is -2.27. The number of Topliss-reactive ketones (excluding diaryl/α,β-unsaturated/α-hetero) is 2. The molecule has 150 valence electrons. The summed E-state index contributed by atoms with van der Waals surface area (Å²) in [4.78, 5) is 25.4. The molecule has 0 radical (unpaired) electrons. The molecule has 0 atom stereocenters. The molecule has 0 heterocycles. The highest BCUT2D eigenvalue weighted by molar-refractivity contribution is 6.56. The highest BCUT2D eigenvalue weighted by Crippen LogP contribution is 2.34. The second-order valence-electron chi connectivity index (χ2n) is 6.17. The smallest absolute Gasteiger partial charge is 0.224 e. The molecule has 0 amide bonds. The Balaban J connectivity index is 1.89. The Morgan fingerprint density at radius 1 is 0.828 bits per heavy atom. The van der Waals surface area contributed by atoms with Crippen molar-refractivity contribution in [3.05, 3.63) is 63.4 Å². The molecule has 0 unspecified atom stereocenters. The predicted molar refractivity (Wildman–Crippen MR) is 111 cm³/mol. The summed E-state index contributed by atoms with van der Waals surface area (Å²) in [7, 11) is 1.40. The van der Waals surface area contributed by atoms with Crippen molar-refractivity contribution in [3.8, 4) is 17.2 Å². The summed E-state index contributed by atoms with van der Waals surface area (Å²) in [5.41, 5.74) is 0.899. The normalized spacial score (nSPS) is 14.3. The summed E-state index contributed by atoms with van der Waals surface area (Å²) >= 11 is 12.3. The van der Waals surface area contributed by atoms with Crippen LogP contribution in [0.5, 0.6) is 17.2 Å². The Morgan fingerprint density at radius 3 is 1.76 bits per heavy atom. The van der Waals surface area contributed by atoms with Crippen molar-refractivity contribution in [3.63, 3.8) is 0 Å². The van der Waals surface area contributed by atoms with Gasteiger partial charge in [0.25, 0.3) is 0 Å². The third-order valence-electron chi connectivity index (χ3n) is 4.22. The van der Waals surface area contributed by atoms with Crippen molar-refractivity contribution < 1.29 is 24.5 Å². The van der Waals surface area contributed by atoms with E-state index in [0.29, 0.717) is 16.9 Å². The number of ketones is 2. The van der Waals surface area contributed by atoms with Crippen LogP contribution in [0.15, 0.2) is 57.9 Å². The van der Waals surface area contributed by atoms with Crippen molar-refractivity contribution in [1.29, 1.82) is 0 Å². The van der Waals surface area contributed by atoms with Gasteiger partial charge in [-0.3, -0.25) is 9.59 Å². The number of phenolic OH excluding ortho intramolecular Hbond substituents is 2. The monoisotopic (exact) mass is 434 g/mol. The maximum Gasteiger partial charge on any atom is 0.224 e. The zero-order valence-corrected chi connectivity index (χ0v) is 16.9. The summed E-state index contributed by atoms with van der Waals surface area (Å²) < 4.78 is 4.96. The van der Waals surface area contributed by atoms with Gasteiger partial charge in [0, 0.05) is 23.5 Å². The van der Waals surface area contributed by atoms with Crippen molar-refractivity contribution in [2.75, 3.05) is 17.7 Å². The van der Waals surface area contributed by atoms with Gasteiger partial charge in [-0.2, -0.15) is 0 Å². The van der Waals surface area contributed by atoms with Gasteiger partial charge in [0.05, 0.1) is 7.11 Å².